The van der Waals surface area contributed by atoms with Crippen LogP contribution >= 0.6 is 11.3 Å². The second-order valence-corrected chi connectivity index (χ2v) is 6.04. The summed E-state index contributed by atoms with van der Waals surface area (Å²) in [5.74, 6) is 0.0614. The molecule has 0 radical (unpaired) electrons. The molecule has 0 aliphatic rings. The van der Waals surface area contributed by atoms with Crippen molar-refractivity contribution in [1.82, 2.24) is 10.6 Å². The highest BCUT2D eigenvalue weighted by molar-refractivity contribution is 7.10. The van der Waals surface area contributed by atoms with Crippen LogP contribution in [0.25, 0.3) is 0 Å². The average Bonchev–Trinajstić information content (AvgIpc) is 2.96. The largest absolute Gasteiger partial charge is 0.396 e. The summed E-state index contributed by atoms with van der Waals surface area (Å²) in [6.45, 7) is 4.19. The zero-order valence-corrected chi connectivity index (χ0v) is 13.4. The predicted octanol–water partition coefficient (Wildman–Crippen LogP) is 1.84. The molecule has 118 valence electrons. The van der Waals surface area contributed by atoms with Crippen molar-refractivity contribution >= 4 is 23.2 Å². The Balaban J connectivity index is 2.50. The lowest BCUT2D eigenvalue weighted by Crippen LogP contribution is -2.34. The van der Waals surface area contributed by atoms with Crippen molar-refractivity contribution < 1.29 is 14.7 Å². The number of carbonyl (C=O) groups is 2. The number of nitrogens with one attached hydrogen (secondary N) is 2. The average molecular weight is 312 g/mol. The Bertz CT molecular complexity index is 434. The van der Waals surface area contributed by atoms with Crippen LogP contribution in [0.4, 0.5) is 0 Å². The summed E-state index contributed by atoms with van der Waals surface area (Å²) in [5.41, 5.74) is 0. The van der Waals surface area contributed by atoms with E-state index in [1.807, 2.05) is 24.4 Å². The van der Waals surface area contributed by atoms with Crippen LogP contribution < -0.4 is 10.6 Å². The zero-order valence-electron chi connectivity index (χ0n) is 12.6. The Morgan fingerprint density at radius 3 is 2.71 bits per heavy atom. The number of hydrogen-bond donors (Lipinski definition) is 3. The maximum Gasteiger partial charge on any atom is 0.222 e. The minimum Gasteiger partial charge on any atom is -0.396 e. The summed E-state index contributed by atoms with van der Waals surface area (Å²) >= 11 is 1.52. The molecule has 21 heavy (non-hydrogen) atoms. The highest BCUT2D eigenvalue weighted by Crippen LogP contribution is 2.22. The first-order chi connectivity index (χ1) is 10.1. The highest BCUT2D eigenvalue weighted by atomic mass is 32.1. The van der Waals surface area contributed by atoms with Crippen molar-refractivity contribution in [3.05, 3.63) is 22.4 Å². The van der Waals surface area contributed by atoms with Crippen molar-refractivity contribution in [3.8, 4) is 0 Å². The minimum atomic E-state index is -0.277. The first kappa shape index (κ1) is 17.7. The molecule has 2 unspecified atom stereocenters. The normalized spacial score (nSPS) is 13.5. The van der Waals surface area contributed by atoms with Gasteiger partial charge in [0, 0.05) is 25.0 Å². The molecule has 0 bridgehead atoms. The second kappa shape index (κ2) is 9.52. The molecule has 0 aliphatic heterocycles. The van der Waals surface area contributed by atoms with Crippen LogP contribution in [0.2, 0.25) is 0 Å². The summed E-state index contributed by atoms with van der Waals surface area (Å²) < 4.78 is 0. The zero-order chi connectivity index (χ0) is 15.7. The summed E-state index contributed by atoms with van der Waals surface area (Å²) in [7, 11) is 0. The van der Waals surface area contributed by atoms with Crippen molar-refractivity contribution in [1.29, 1.82) is 0 Å². The van der Waals surface area contributed by atoms with Crippen LogP contribution in [0.1, 0.15) is 44.0 Å². The van der Waals surface area contributed by atoms with Crippen molar-refractivity contribution in [2.24, 2.45) is 5.92 Å². The van der Waals surface area contributed by atoms with Crippen molar-refractivity contribution in [3.63, 3.8) is 0 Å². The van der Waals surface area contributed by atoms with Crippen molar-refractivity contribution in [2.45, 2.75) is 39.2 Å². The summed E-state index contributed by atoms with van der Waals surface area (Å²) in [4.78, 5) is 24.3. The molecule has 1 aromatic heterocycles. The maximum atomic E-state index is 12.0. The third-order valence-electron chi connectivity index (χ3n) is 3.36. The minimum absolute atomic E-state index is 0.0847. The number of aliphatic hydroxyl groups is 1. The monoisotopic (exact) mass is 312 g/mol. The molecule has 0 saturated carbocycles. The van der Waals surface area contributed by atoms with Crippen LogP contribution in [0, 0.1) is 5.92 Å². The molecule has 2 atom stereocenters. The molecule has 2 amide bonds. The summed E-state index contributed by atoms with van der Waals surface area (Å²) in [6, 6.07) is 3.54. The van der Waals surface area contributed by atoms with E-state index in [1.165, 1.54) is 18.3 Å². The lowest BCUT2D eigenvalue weighted by atomic mass is 10.0. The van der Waals surface area contributed by atoms with Gasteiger partial charge in [0.15, 0.2) is 0 Å². The fourth-order valence-electron chi connectivity index (χ4n) is 2.11. The van der Waals surface area contributed by atoms with Gasteiger partial charge in [0.25, 0.3) is 0 Å². The van der Waals surface area contributed by atoms with Gasteiger partial charge >= 0.3 is 0 Å². The molecule has 1 rings (SSSR count). The van der Waals surface area contributed by atoms with Gasteiger partial charge in [0.05, 0.1) is 12.5 Å². The number of thiophene rings is 1. The predicted molar refractivity (Wildman–Crippen MR) is 84.0 cm³/mol. The van der Waals surface area contributed by atoms with Gasteiger partial charge in [-0.15, -0.1) is 11.3 Å². The van der Waals surface area contributed by atoms with E-state index in [9.17, 15) is 9.59 Å². The molecule has 0 spiro atoms. The summed E-state index contributed by atoms with van der Waals surface area (Å²) in [6.07, 6.45) is 1.84. The van der Waals surface area contributed by atoms with Gasteiger partial charge < -0.3 is 15.7 Å². The second-order valence-electron chi connectivity index (χ2n) is 5.06. The third kappa shape index (κ3) is 6.73. The molecular weight excluding hydrogens is 288 g/mol. The van der Waals surface area contributed by atoms with Gasteiger partial charge in [-0.2, -0.15) is 0 Å². The quantitative estimate of drug-likeness (QED) is 0.651. The fourth-order valence-corrected chi connectivity index (χ4v) is 2.88. The molecule has 1 heterocycles. The van der Waals surface area contributed by atoms with E-state index in [0.717, 1.165) is 11.3 Å². The topological polar surface area (TPSA) is 78.4 Å². The maximum absolute atomic E-state index is 12.0. The van der Waals surface area contributed by atoms with Gasteiger partial charge in [0.1, 0.15) is 0 Å². The lowest BCUT2D eigenvalue weighted by Gasteiger charge is -2.18. The first-order valence-corrected chi connectivity index (χ1v) is 8.12. The van der Waals surface area contributed by atoms with Gasteiger partial charge in [0.2, 0.25) is 11.8 Å². The van der Waals surface area contributed by atoms with Crippen molar-refractivity contribution in [2.75, 3.05) is 13.2 Å². The van der Waals surface area contributed by atoms with Gasteiger partial charge in [-0.3, -0.25) is 9.59 Å². The number of hydrogen-bond acceptors (Lipinski definition) is 4. The van der Waals surface area contributed by atoms with Crippen LogP contribution in [0.3, 0.4) is 0 Å². The molecule has 6 heteroatoms. The number of carbonyl (C=O) groups excluding carboxylic acids is 2. The Labute approximate surface area is 129 Å². The van der Waals surface area contributed by atoms with Crippen LogP contribution in [-0.4, -0.2) is 30.1 Å². The summed E-state index contributed by atoms with van der Waals surface area (Å²) in [5, 5.41) is 16.6. The van der Waals surface area contributed by atoms with Gasteiger partial charge in [-0.05, 0) is 23.8 Å². The number of rotatable bonds is 9. The number of amides is 2. The van der Waals surface area contributed by atoms with E-state index in [-0.39, 0.29) is 30.9 Å². The molecule has 0 fully saturated rings. The molecule has 0 aromatic carbocycles. The Morgan fingerprint density at radius 1 is 1.43 bits per heavy atom. The molecule has 1 aromatic rings. The van der Waals surface area contributed by atoms with E-state index in [0.29, 0.717) is 18.9 Å². The van der Waals surface area contributed by atoms with E-state index in [1.54, 1.807) is 0 Å². The van der Waals surface area contributed by atoms with E-state index < -0.39 is 0 Å². The first-order valence-electron chi connectivity index (χ1n) is 7.24. The van der Waals surface area contributed by atoms with E-state index in [2.05, 4.69) is 10.6 Å². The number of aliphatic hydroxyl groups excluding tert-OH is 1. The molecule has 5 nitrogen and oxygen atoms in total. The molecule has 0 aliphatic carbocycles. The van der Waals surface area contributed by atoms with E-state index in [4.69, 9.17) is 5.11 Å². The van der Waals surface area contributed by atoms with E-state index >= 15 is 0 Å². The smallest absolute Gasteiger partial charge is 0.222 e. The third-order valence-corrected chi connectivity index (χ3v) is 4.34. The highest BCUT2D eigenvalue weighted by Gasteiger charge is 2.18. The lowest BCUT2D eigenvalue weighted by molar-refractivity contribution is -0.122. The fraction of sp³-hybridized carbons (Fsp3) is 0.600. The van der Waals surface area contributed by atoms with Crippen LogP contribution in [0.15, 0.2) is 17.5 Å². The molecular formula is C15H24N2O3S. The van der Waals surface area contributed by atoms with Gasteiger partial charge in [-0.1, -0.05) is 19.4 Å². The van der Waals surface area contributed by atoms with Crippen LogP contribution in [-0.2, 0) is 9.59 Å². The SMILES string of the molecule is CCC(CCO)CNC(=O)CC(NC(C)=O)c1cccs1. The standard InChI is InChI=1S/C15H24N2O3S/c1-3-12(6-7-18)10-16-15(20)9-13(17-11(2)19)14-5-4-8-21-14/h4-5,8,12-13,18H,3,6-7,9-10H2,1-2H3,(H,16,20)(H,17,19). The Kier molecular flexibility index (Phi) is 8.00. The Hall–Kier alpha value is -1.40. The van der Waals surface area contributed by atoms with Crippen LogP contribution in [0.5, 0.6) is 0 Å². The molecule has 3 N–H and O–H groups in total. The Morgan fingerprint density at radius 2 is 2.19 bits per heavy atom. The van der Waals surface area contributed by atoms with Gasteiger partial charge in [-0.25, -0.2) is 0 Å². The molecule has 0 saturated heterocycles.